The second-order valence-electron chi connectivity index (χ2n) is 10.0. The summed E-state index contributed by atoms with van der Waals surface area (Å²) in [7, 11) is 0. The summed E-state index contributed by atoms with van der Waals surface area (Å²) in [5, 5.41) is 0.698. The molecule has 4 aromatic carbocycles. The lowest BCUT2D eigenvalue weighted by molar-refractivity contribution is 0.941. The van der Waals surface area contributed by atoms with Gasteiger partial charge in [0.1, 0.15) is 0 Å². The van der Waals surface area contributed by atoms with Crippen molar-refractivity contribution in [2.75, 3.05) is 9.80 Å². The zero-order valence-electron chi connectivity index (χ0n) is 22.4. The van der Waals surface area contributed by atoms with Gasteiger partial charge in [0.25, 0.3) is 0 Å². The average Bonchev–Trinajstić information content (AvgIpc) is 3.10. The summed E-state index contributed by atoms with van der Waals surface area (Å²) in [6.45, 7) is 8.45. The van der Waals surface area contributed by atoms with Crippen LogP contribution in [0.25, 0.3) is 0 Å². The number of allylic oxidation sites excluding steroid dienone is 3. The summed E-state index contributed by atoms with van der Waals surface area (Å²) in [4.78, 5) is 4.59. The molecular weight excluding hydrogens is 484 g/mol. The van der Waals surface area contributed by atoms with E-state index in [2.05, 4.69) is 159 Å². The molecule has 1 aliphatic rings. The summed E-state index contributed by atoms with van der Waals surface area (Å²) < 4.78 is 0. The van der Waals surface area contributed by atoms with Gasteiger partial charge >= 0.3 is 0 Å². The number of hydrogen-bond donors (Lipinski definition) is 0. The highest BCUT2D eigenvalue weighted by Crippen LogP contribution is 2.35. The van der Waals surface area contributed by atoms with Crippen molar-refractivity contribution in [3.63, 3.8) is 0 Å². The van der Waals surface area contributed by atoms with Crippen LogP contribution in [0.4, 0.5) is 22.7 Å². The van der Waals surface area contributed by atoms with Crippen LogP contribution in [0, 0.1) is 27.7 Å². The Labute approximate surface area is 231 Å². The van der Waals surface area contributed by atoms with Crippen LogP contribution in [0.3, 0.4) is 0 Å². The Morgan fingerprint density at radius 2 is 0.895 bits per heavy atom. The fourth-order valence-electron chi connectivity index (χ4n) is 4.69. The quantitative estimate of drug-likeness (QED) is 0.251. The van der Waals surface area contributed by atoms with Gasteiger partial charge < -0.3 is 9.80 Å². The van der Waals surface area contributed by atoms with Crippen molar-refractivity contribution in [2.24, 2.45) is 0 Å². The Morgan fingerprint density at radius 3 is 1.29 bits per heavy atom. The highest BCUT2D eigenvalue weighted by molar-refractivity contribution is 6.31. The molecule has 0 fully saturated rings. The minimum Gasteiger partial charge on any atom is -0.331 e. The molecular formula is C35H33ClN2. The van der Waals surface area contributed by atoms with Crippen LogP contribution < -0.4 is 9.80 Å². The maximum absolute atomic E-state index is 6.94. The Bertz CT molecular complexity index is 1390. The minimum absolute atomic E-state index is 0.0699. The highest BCUT2D eigenvalue weighted by atomic mass is 35.5. The van der Waals surface area contributed by atoms with Gasteiger partial charge in [-0.3, -0.25) is 0 Å². The molecule has 0 bridgehead atoms. The summed E-state index contributed by atoms with van der Waals surface area (Å²) in [6, 6.07) is 34.5. The van der Waals surface area contributed by atoms with E-state index in [-0.39, 0.29) is 6.04 Å². The van der Waals surface area contributed by atoms with Gasteiger partial charge in [-0.25, -0.2) is 0 Å². The second-order valence-corrected chi connectivity index (χ2v) is 10.5. The van der Waals surface area contributed by atoms with Crippen LogP contribution in [0.1, 0.15) is 22.3 Å². The smallest absolute Gasteiger partial charge is 0.0727 e. The molecule has 0 radical (unpaired) electrons. The first-order chi connectivity index (χ1) is 18.4. The van der Waals surface area contributed by atoms with Crippen molar-refractivity contribution >= 4 is 34.4 Å². The van der Waals surface area contributed by atoms with Gasteiger partial charge in [0.15, 0.2) is 0 Å². The van der Waals surface area contributed by atoms with E-state index < -0.39 is 0 Å². The van der Waals surface area contributed by atoms with Crippen molar-refractivity contribution in [3.8, 4) is 0 Å². The number of aryl methyl sites for hydroxylation is 4. The summed E-state index contributed by atoms with van der Waals surface area (Å²) in [6.07, 6.45) is 8.59. The fourth-order valence-corrected chi connectivity index (χ4v) is 4.93. The topological polar surface area (TPSA) is 6.48 Å². The summed E-state index contributed by atoms with van der Waals surface area (Å²) >= 11 is 6.94. The van der Waals surface area contributed by atoms with Gasteiger partial charge in [-0.1, -0.05) is 88.5 Å². The molecule has 0 aliphatic heterocycles. The van der Waals surface area contributed by atoms with E-state index in [1.807, 2.05) is 0 Å². The van der Waals surface area contributed by atoms with E-state index in [9.17, 15) is 0 Å². The lowest BCUT2D eigenvalue weighted by atomic mass is 10.1. The number of nitrogens with zero attached hydrogens (tertiary/aromatic N) is 2. The molecule has 0 spiro atoms. The van der Waals surface area contributed by atoms with Gasteiger partial charge in [-0.05, 0) is 94.5 Å². The number of rotatable bonds is 6. The summed E-state index contributed by atoms with van der Waals surface area (Å²) in [5.41, 5.74) is 10.4. The number of anilines is 4. The van der Waals surface area contributed by atoms with Gasteiger partial charge in [-0.2, -0.15) is 0 Å². The number of benzene rings is 4. The van der Waals surface area contributed by atoms with E-state index in [0.717, 1.165) is 28.4 Å². The monoisotopic (exact) mass is 516 g/mol. The first-order valence-electron chi connectivity index (χ1n) is 13.0. The Morgan fingerprint density at radius 1 is 0.526 bits per heavy atom. The number of halogens is 1. The van der Waals surface area contributed by atoms with E-state index in [1.165, 1.54) is 22.3 Å². The fraction of sp³-hybridized carbons (Fsp3) is 0.143. The lowest BCUT2D eigenvalue weighted by Crippen LogP contribution is -2.28. The van der Waals surface area contributed by atoms with Gasteiger partial charge in [0.2, 0.25) is 0 Å². The molecule has 3 heteroatoms. The molecule has 1 unspecified atom stereocenters. The van der Waals surface area contributed by atoms with Crippen LogP contribution in [-0.4, -0.2) is 6.04 Å². The SMILES string of the molecule is Cc1ccc(N(C2=CC(Cl)=CC(N(c3ccc(C)cc3)c3ccc(C)cc3)C=C2)c2ccc(C)cc2)cc1. The predicted octanol–water partition coefficient (Wildman–Crippen LogP) is 9.84. The van der Waals surface area contributed by atoms with Crippen LogP contribution in [0.2, 0.25) is 0 Å². The first kappa shape index (κ1) is 25.6. The van der Waals surface area contributed by atoms with Gasteiger partial charge in [0.05, 0.1) is 6.04 Å². The molecule has 190 valence electrons. The Kier molecular flexibility index (Phi) is 7.53. The van der Waals surface area contributed by atoms with Crippen molar-refractivity contribution in [3.05, 3.63) is 154 Å². The summed E-state index contributed by atoms with van der Waals surface area (Å²) in [5.74, 6) is 0. The third-order valence-electron chi connectivity index (χ3n) is 6.84. The molecule has 5 rings (SSSR count). The molecule has 2 nitrogen and oxygen atoms in total. The largest absolute Gasteiger partial charge is 0.331 e. The van der Waals surface area contributed by atoms with E-state index >= 15 is 0 Å². The lowest BCUT2D eigenvalue weighted by Gasteiger charge is -2.31. The predicted molar refractivity (Wildman–Crippen MR) is 164 cm³/mol. The molecule has 1 aliphatic carbocycles. The molecule has 38 heavy (non-hydrogen) atoms. The molecule has 1 atom stereocenters. The second kappa shape index (κ2) is 11.2. The average molecular weight is 517 g/mol. The van der Waals surface area contributed by atoms with Crippen molar-refractivity contribution in [2.45, 2.75) is 33.7 Å². The third kappa shape index (κ3) is 5.77. The molecule has 0 amide bonds. The van der Waals surface area contributed by atoms with E-state index in [0.29, 0.717) is 5.03 Å². The first-order valence-corrected chi connectivity index (χ1v) is 13.4. The van der Waals surface area contributed by atoms with E-state index in [4.69, 9.17) is 11.6 Å². The zero-order valence-corrected chi connectivity index (χ0v) is 23.2. The Balaban J connectivity index is 1.58. The number of hydrogen-bond acceptors (Lipinski definition) is 2. The van der Waals surface area contributed by atoms with Crippen LogP contribution in [0.5, 0.6) is 0 Å². The molecule has 0 aromatic heterocycles. The van der Waals surface area contributed by atoms with Gasteiger partial charge in [0, 0.05) is 33.5 Å². The molecule has 0 saturated carbocycles. The third-order valence-corrected chi connectivity index (χ3v) is 7.08. The van der Waals surface area contributed by atoms with Crippen molar-refractivity contribution < 1.29 is 0 Å². The molecule has 4 aromatic rings. The Hall–Kier alpha value is -4.01. The molecule has 0 saturated heterocycles. The van der Waals surface area contributed by atoms with Crippen LogP contribution in [0.15, 0.2) is 132 Å². The molecule has 0 N–H and O–H groups in total. The molecule has 0 heterocycles. The minimum atomic E-state index is -0.0699. The van der Waals surface area contributed by atoms with Crippen molar-refractivity contribution in [1.29, 1.82) is 0 Å². The zero-order chi connectivity index (χ0) is 26.6. The van der Waals surface area contributed by atoms with Crippen LogP contribution >= 0.6 is 11.6 Å². The maximum Gasteiger partial charge on any atom is 0.0727 e. The van der Waals surface area contributed by atoms with Crippen molar-refractivity contribution in [1.82, 2.24) is 0 Å². The standard InChI is InChI=1S/C35H33ClN2/c1-25-5-13-30(14-6-25)37(31-15-7-26(2)8-16-31)34-21-22-35(24-29(36)23-34)38(32-17-9-27(3)10-18-32)33-19-11-28(4)12-20-33/h5-24,34H,1-4H3. The highest BCUT2D eigenvalue weighted by Gasteiger charge is 2.21. The van der Waals surface area contributed by atoms with Crippen LogP contribution in [-0.2, 0) is 0 Å². The van der Waals surface area contributed by atoms with E-state index in [1.54, 1.807) is 0 Å². The maximum atomic E-state index is 6.94. The van der Waals surface area contributed by atoms with Gasteiger partial charge in [-0.15, -0.1) is 0 Å². The normalized spacial score (nSPS) is 14.9.